The Morgan fingerprint density at radius 1 is 1.60 bits per heavy atom. The third-order valence-electron chi connectivity index (χ3n) is 1.75. The molecule has 0 aliphatic carbocycles. The molecule has 4 N–H and O–H groups in total. The van der Waals surface area contributed by atoms with Gasteiger partial charge in [-0.05, 0) is 0 Å². The summed E-state index contributed by atoms with van der Waals surface area (Å²) in [4.78, 5) is 14.9. The fraction of sp³-hybridized carbons (Fsp3) is 0.125. The second-order valence-corrected chi connectivity index (χ2v) is 3.44. The van der Waals surface area contributed by atoms with Crippen LogP contribution in [0.3, 0.4) is 0 Å². The highest BCUT2D eigenvalue weighted by atomic mass is 35.5. The maximum absolute atomic E-state index is 5.64. The van der Waals surface area contributed by atoms with Crippen molar-refractivity contribution in [1.29, 1.82) is 0 Å². The molecule has 0 aromatic carbocycles. The molecule has 0 fully saturated rings. The molecule has 0 amide bonds. The molecule has 7 heteroatoms. The number of hydrogen-bond donors (Lipinski definition) is 3. The normalized spacial score (nSPS) is 10.5. The molecule has 15 heavy (non-hydrogen) atoms. The number of halogens is 1. The number of aromatic nitrogens is 4. The van der Waals surface area contributed by atoms with Crippen molar-refractivity contribution in [2.24, 2.45) is 0 Å². The van der Waals surface area contributed by atoms with Gasteiger partial charge in [-0.15, -0.1) is 0 Å². The Morgan fingerprint density at radius 2 is 2.40 bits per heavy atom. The van der Waals surface area contributed by atoms with Gasteiger partial charge >= 0.3 is 0 Å². The molecule has 6 nitrogen and oxygen atoms in total. The average molecular weight is 225 g/mol. The molecule has 0 radical (unpaired) electrons. The fourth-order valence-corrected chi connectivity index (χ4v) is 1.22. The molecule has 2 aromatic heterocycles. The van der Waals surface area contributed by atoms with Crippen LogP contribution in [0.2, 0.25) is 0 Å². The lowest BCUT2D eigenvalue weighted by atomic mass is 10.4. The first kappa shape index (κ1) is 9.72. The molecule has 0 saturated carbocycles. The standard InChI is InChI=1S/C8H9ClN6/c1-4(9)2-11-6-5-7(13-3-12-5)15-8(10)14-6/h3H,1-2H2,(H4,10,11,12,13,14,15). The lowest BCUT2D eigenvalue weighted by Gasteiger charge is -2.05. The second kappa shape index (κ2) is 3.74. The van der Waals surface area contributed by atoms with Crippen LogP contribution in [-0.4, -0.2) is 26.5 Å². The molecule has 0 spiro atoms. The number of nitrogens with one attached hydrogen (secondary N) is 2. The molecule has 2 heterocycles. The Morgan fingerprint density at radius 3 is 3.13 bits per heavy atom. The van der Waals surface area contributed by atoms with Crippen LogP contribution in [0.4, 0.5) is 11.8 Å². The highest BCUT2D eigenvalue weighted by Gasteiger charge is 2.07. The molecule has 0 aliphatic heterocycles. The Hall–Kier alpha value is -1.82. The maximum Gasteiger partial charge on any atom is 0.224 e. The van der Waals surface area contributed by atoms with Crippen molar-refractivity contribution in [2.45, 2.75) is 0 Å². The third kappa shape index (κ3) is 1.99. The van der Waals surface area contributed by atoms with Crippen molar-refractivity contribution in [3.8, 4) is 0 Å². The van der Waals surface area contributed by atoms with Crippen LogP contribution in [0.1, 0.15) is 0 Å². The first-order valence-corrected chi connectivity index (χ1v) is 4.58. The number of H-pyrrole nitrogens is 1. The minimum Gasteiger partial charge on any atom is -0.368 e. The molecule has 0 saturated heterocycles. The summed E-state index contributed by atoms with van der Waals surface area (Å²) < 4.78 is 0. The molecule has 0 aliphatic rings. The lowest BCUT2D eigenvalue weighted by molar-refractivity contribution is 1.18. The number of hydrogen-bond acceptors (Lipinski definition) is 5. The molecular formula is C8H9ClN6. The smallest absolute Gasteiger partial charge is 0.224 e. The van der Waals surface area contributed by atoms with E-state index in [0.717, 1.165) is 0 Å². The van der Waals surface area contributed by atoms with Crippen LogP contribution in [-0.2, 0) is 0 Å². The first-order valence-electron chi connectivity index (χ1n) is 4.20. The summed E-state index contributed by atoms with van der Waals surface area (Å²) >= 11 is 5.64. The van der Waals surface area contributed by atoms with Crippen LogP contribution in [0.15, 0.2) is 17.9 Å². The van der Waals surface area contributed by atoms with E-state index in [4.69, 9.17) is 17.3 Å². The van der Waals surface area contributed by atoms with Crippen molar-refractivity contribution in [3.05, 3.63) is 17.9 Å². The number of aromatic amines is 1. The quantitative estimate of drug-likeness (QED) is 0.726. The first-order chi connectivity index (χ1) is 7.16. The van der Waals surface area contributed by atoms with Crippen molar-refractivity contribution in [1.82, 2.24) is 19.9 Å². The number of anilines is 2. The summed E-state index contributed by atoms with van der Waals surface area (Å²) in [5.41, 5.74) is 6.73. The molecule has 0 bridgehead atoms. The van der Waals surface area contributed by atoms with Crippen molar-refractivity contribution >= 4 is 34.5 Å². The monoisotopic (exact) mass is 224 g/mol. The van der Waals surface area contributed by atoms with Crippen LogP contribution in [0.5, 0.6) is 0 Å². The van der Waals surface area contributed by atoms with Crippen LogP contribution in [0, 0.1) is 0 Å². The van der Waals surface area contributed by atoms with Crippen LogP contribution in [0.25, 0.3) is 11.2 Å². The van der Waals surface area contributed by atoms with E-state index < -0.39 is 0 Å². The summed E-state index contributed by atoms with van der Waals surface area (Å²) in [6, 6.07) is 0. The number of nitrogen functional groups attached to an aromatic ring is 1. The Kier molecular flexibility index (Phi) is 2.42. The molecule has 78 valence electrons. The second-order valence-electron chi connectivity index (χ2n) is 2.90. The molecule has 2 rings (SSSR count). The highest BCUT2D eigenvalue weighted by Crippen LogP contribution is 2.17. The fourth-order valence-electron chi connectivity index (χ4n) is 1.16. The Balaban J connectivity index is 2.39. The van der Waals surface area contributed by atoms with Crippen molar-refractivity contribution in [3.63, 3.8) is 0 Å². The molecule has 0 unspecified atom stereocenters. The van der Waals surface area contributed by atoms with Crippen molar-refractivity contribution in [2.75, 3.05) is 17.6 Å². The summed E-state index contributed by atoms with van der Waals surface area (Å²) in [6.45, 7) is 3.97. The number of rotatable bonds is 3. The lowest BCUT2D eigenvalue weighted by Crippen LogP contribution is -2.06. The SMILES string of the molecule is C=C(Cl)CNc1nc(N)nc2nc[nH]c12. The van der Waals surface area contributed by atoms with E-state index in [9.17, 15) is 0 Å². The van der Waals surface area contributed by atoms with E-state index in [-0.39, 0.29) is 5.95 Å². The number of nitrogens with two attached hydrogens (primary N) is 1. The zero-order valence-corrected chi connectivity index (χ0v) is 8.54. The molecule has 0 atom stereocenters. The van der Waals surface area contributed by atoms with E-state index in [0.29, 0.717) is 28.6 Å². The van der Waals surface area contributed by atoms with Gasteiger partial charge in [0, 0.05) is 5.03 Å². The Bertz CT molecular complexity index is 505. The van der Waals surface area contributed by atoms with E-state index >= 15 is 0 Å². The van der Waals surface area contributed by atoms with Gasteiger partial charge in [-0.3, -0.25) is 0 Å². The van der Waals surface area contributed by atoms with Gasteiger partial charge < -0.3 is 16.0 Å². The van der Waals surface area contributed by atoms with Gasteiger partial charge in [0.2, 0.25) is 5.95 Å². The van der Waals surface area contributed by atoms with Gasteiger partial charge in [-0.25, -0.2) is 4.98 Å². The average Bonchev–Trinajstić information content (AvgIpc) is 2.61. The van der Waals surface area contributed by atoms with Crippen molar-refractivity contribution < 1.29 is 0 Å². The van der Waals surface area contributed by atoms with E-state index in [1.165, 1.54) is 6.33 Å². The number of fused-ring (bicyclic) bond motifs is 1. The number of imidazole rings is 1. The number of nitrogens with zero attached hydrogens (tertiary/aromatic N) is 3. The van der Waals surface area contributed by atoms with Crippen LogP contribution < -0.4 is 11.1 Å². The molecule has 2 aromatic rings. The van der Waals surface area contributed by atoms with Gasteiger partial charge in [0.25, 0.3) is 0 Å². The zero-order chi connectivity index (χ0) is 10.8. The topological polar surface area (TPSA) is 92.5 Å². The van der Waals surface area contributed by atoms with Gasteiger partial charge in [0.15, 0.2) is 11.5 Å². The maximum atomic E-state index is 5.64. The summed E-state index contributed by atoms with van der Waals surface area (Å²) in [7, 11) is 0. The molecular weight excluding hydrogens is 216 g/mol. The summed E-state index contributed by atoms with van der Waals surface area (Å²) in [5, 5.41) is 3.47. The summed E-state index contributed by atoms with van der Waals surface area (Å²) in [5.74, 6) is 0.731. The zero-order valence-electron chi connectivity index (χ0n) is 7.79. The predicted octanol–water partition coefficient (Wildman–Crippen LogP) is 1.10. The minimum atomic E-state index is 0.164. The van der Waals surface area contributed by atoms with Crippen LogP contribution >= 0.6 is 11.6 Å². The summed E-state index contributed by atoms with van der Waals surface area (Å²) in [6.07, 6.45) is 1.53. The van der Waals surface area contributed by atoms with E-state index in [2.05, 4.69) is 31.8 Å². The van der Waals surface area contributed by atoms with E-state index in [1.807, 2.05) is 0 Å². The third-order valence-corrected chi connectivity index (χ3v) is 1.88. The Labute approximate surface area is 90.6 Å². The highest BCUT2D eigenvalue weighted by molar-refractivity contribution is 6.29. The predicted molar refractivity (Wildman–Crippen MR) is 59.6 cm³/mol. The van der Waals surface area contributed by atoms with Gasteiger partial charge in [-0.2, -0.15) is 9.97 Å². The van der Waals surface area contributed by atoms with E-state index in [1.54, 1.807) is 0 Å². The van der Waals surface area contributed by atoms with Gasteiger partial charge in [0.1, 0.15) is 5.52 Å². The van der Waals surface area contributed by atoms with Gasteiger partial charge in [-0.1, -0.05) is 18.2 Å². The largest absolute Gasteiger partial charge is 0.368 e. The minimum absolute atomic E-state index is 0.164. The van der Waals surface area contributed by atoms with Gasteiger partial charge in [0.05, 0.1) is 12.9 Å².